The lowest BCUT2D eigenvalue weighted by Gasteiger charge is -2.34. The number of hydroxylamine groups is 1. The molecule has 0 spiro atoms. The number of aromatic nitrogens is 2. The molecule has 1 aromatic carbocycles. The van der Waals surface area contributed by atoms with Crippen LogP contribution in [-0.2, 0) is 6.42 Å². The third-order valence-electron chi connectivity index (χ3n) is 6.07. The zero-order valence-electron chi connectivity index (χ0n) is 18.0. The Kier molecular flexibility index (Phi) is 6.44. The van der Waals surface area contributed by atoms with E-state index in [1.807, 2.05) is 30.6 Å². The molecule has 1 saturated heterocycles. The second-order valence-electron chi connectivity index (χ2n) is 8.30. The van der Waals surface area contributed by atoms with Gasteiger partial charge in [-0.2, -0.15) is 0 Å². The number of benzene rings is 1. The molecule has 0 radical (unpaired) electrons. The highest BCUT2D eigenvalue weighted by Crippen LogP contribution is 2.27. The van der Waals surface area contributed by atoms with Crippen LogP contribution in [0.4, 0.5) is 4.79 Å². The Hall–Kier alpha value is -3.03. The van der Waals surface area contributed by atoms with E-state index in [9.17, 15) is 4.79 Å². The highest BCUT2D eigenvalue weighted by molar-refractivity contribution is 5.84. The molecule has 162 valence electrons. The number of pyridine rings is 2. The average molecular weight is 420 g/mol. The Morgan fingerprint density at radius 3 is 2.71 bits per heavy atom. The number of nitrogens with zero attached hydrogens (tertiary/aromatic N) is 3. The van der Waals surface area contributed by atoms with Gasteiger partial charge in [0, 0.05) is 49.0 Å². The van der Waals surface area contributed by atoms with Gasteiger partial charge in [-0.05, 0) is 49.3 Å². The van der Waals surface area contributed by atoms with Gasteiger partial charge in [-0.1, -0.05) is 30.3 Å². The van der Waals surface area contributed by atoms with E-state index in [2.05, 4.69) is 37.4 Å². The van der Waals surface area contributed by atoms with Crippen molar-refractivity contribution in [3.05, 3.63) is 71.3 Å². The van der Waals surface area contributed by atoms with Crippen LogP contribution in [-0.4, -0.2) is 45.2 Å². The first-order valence-electron chi connectivity index (χ1n) is 10.8. The average Bonchev–Trinajstić information content (AvgIpc) is 2.80. The summed E-state index contributed by atoms with van der Waals surface area (Å²) in [6, 6.07) is 12.3. The lowest BCUT2D eigenvalue weighted by Crippen LogP contribution is -2.48. The third-order valence-corrected chi connectivity index (χ3v) is 6.07. The molecular formula is C24H29N5O2. The maximum absolute atomic E-state index is 11.7. The molecule has 4 rings (SSSR count). The number of carbonyl (C=O) groups is 1. The molecule has 1 aliphatic rings. The summed E-state index contributed by atoms with van der Waals surface area (Å²) in [5, 5.41) is 15.0. The molecule has 3 aromatic rings. The zero-order valence-corrected chi connectivity index (χ0v) is 18.0. The molecule has 3 heterocycles. The summed E-state index contributed by atoms with van der Waals surface area (Å²) in [5.41, 5.74) is 6.15. The molecule has 31 heavy (non-hydrogen) atoms. The van der Waals surface area contributed by atoms with Gasteiger partial charge in [0.25, 0.3) is 0 Å². The monoisotopic (exact) mass is 419 g/mol. The minimum Gasteiger partial charge on any atom is -0.323 e. The highest BCUT2D eigenvalue weighted by Gasteiger charge is 2.26. The fourth-order valence-corrected chi connectivity index (χ4v) is 4.41. The summed E-state index contributed by atoms with van der Waals surface area (Å²) in [4.78, 5) is 22.8. The molecule has 1 aliphatic heterocycles. The molecule has 0 aliphatic carbocycles. The van der Waals surface area contributed by atoms with Crippen LogP contribution >= 0.6 is 0 Å². The second-order valence-corrected chi connectivity index (χ2v) is 8.30. The summed E-state index contributed by atoms with van der Waals surface area (Å²) >= 11 is 0. The number of hydrogen-bond acceptors (Lipinski definition) is 5. The summed E-state index contributed by atoms with van der Waals surface area (Å²) in [7, 11) is 0. The van der Waals surface area contributed by atoms with Crippen molar-refractivity contribution in [2.75, 3.05) is 13.1 Å². The number of aryl methyl sites for hydroxylation is 2. The van der Waals surface area contributed by atoms with Crippen LogP contribution in [0.1, 0.15) is 41.4 Å². The Balaban J connectivity index is 1.61. The normalized spacial score (nSPS) is 15.8. The SMILES string of the molecule is Cc1cnc(CC(NC2CCN(C(=O)NO)CC2)c2nccc3ccccc23)c(C)c1. The summed E-state index contributed by atoms with van der Waals surface area (Å²) < 4.78 is 0. The van der Waals surface area contributed by atoms with Gasteiger partial charge in [0.2, 0.25) is 0 Å². The molecule has 3 N–H and O–H groups in total. The number of likely N-dealkylation sites (tertiary alicyclic amines) is 1. The number of hydrogen-bond donors (Lipinski definition) is 3. The number of carbonyl (C=O) groups excluding carboxylic acids is 1. The smallest absolute Gasteiger partial charge is 0.323 e. The lowest BCUT2D eigenvalue weighted by molar-refractivity contribution is 0.117. The molecule has 7 nitrogen and oxygen atoms in total. The van der Waals surface area contributed by atoms with Gasteiger partial charge in [-0.3, -0.25) is 15.2 Å². The number of fused-ring (bicyclic) bond motifs is 1. The van der Waals surface area contributed by atoms with Crippen LogP contribution in [0.15, 0.2) is 48.8 Å². The molecule has 0 saturated carbocycles. The quantitative estimate of drug-likeness (QED) is 0.434. The van der Waals surface area contributed by atoms with Crippen molar-refractivity contribution in [3.63, 3.8) is 0 Å². The van der Waals surface area contributed by atoms with Crippen LogP contribution in [0.5, 0.6) is 0 Å². The Bertz CT molecular complexity index is 1060. The zero-order chi connectivity index (χ0) is 21.8. The van der Waals surface area contributed by atoms with Crippen LogP contribution in [0.2, 0.25) is 0 Å². The van der Waals surface area contributed by atoms with Crippen molar-refractivity contribution in [1.29, 1.82) is 0 Å². The fraction of sp³-hybridized carbons (Fsp3) is 0.375. The van der Waals surface area contributed by atoms with Crippen molar-refractivity contribution < 1.29 is 10.0 Å². The predicted octanol–water partition coefficient (Wildman–Crippen LogP) is 3.68. The highest BCUT2D eigenvalue weighted by atomic mass is 16.5. The third kappa shape index (κ3) is 4.84. The number of nitrogens with one attached hydrogen (secondary N) is 2. The van der Waals surface area contributed by atoms with E-state index in [-0.39, 0.29) is 12.1 Å². The van der Waals surface area contributed by atoms with Crippen molar-refractivity contribution in [2.24, 2.45) is 0 Å². The molecule has 2 aromatic heterocycles. The first-order chi connectivity index (χ1) is 15.0. The first kappa shape index (κ1) is 21.2. The van der Waals surface area contributed by atoms with E-state index in [1.165, 1.54) is 10.9 Å². The van der Waals surface area contributed by atoms with Crippen molar-refractivity contribution in [2.45, 2.75) is 45.2 Å². The van der Waals surface area contributed by atoms with Gasteiger partial charge in [0.05, 0.1) is 11.7 Å². The van der Waals surface area contributed by atoms with Gasteiger partial charge in [-0.15, -0.1) is 0 Å². The first-order valence-corrected chi connectivity index (χ1v) is 10.8. The van der Waals surface area contributed by atoms with Gasteiger partial charge < -0.3 is 10.2 Å². The number of piperidine rings is 1. The molecule has 1 atom stereocenters. The largest absolute Gasteiger partial charge is 0.341 e. The fourth-order valence-electron chi connectivity index (χ4n) is 4.41. The predicted molar refractivity (Wildman–Crippen MR) is 120 cm³/mol. The van der Waals surface area contributed by atoms with Crippen LogP contribution < -0.4 is 10.8 Å². The number of urea groups is 1. The standard InChI is InChI=1S/C24H29N5O2/c1-16-13-17(2)21(26-15-16)14-22(23-20-6-4-3-5-18(20)7-10-25-23)27-19-8-11-29(12-9-19)24(30)28-31/h3-7,10,13,15,19,22,27,31H,8-9,11-12,14H2,1-2H3,(H,28,30). The summed E-state index contributed by atoms with van der Waals surface area (Å²) in [6.45, 7) is 5.36. The molecule has 2 amide bonds. The number of rotatable bonds is 5. The van der Waals surface area contributed by atoms with Crippen LogP contribution in [0, 0.1) is 13.8 Å². The Labute approximate surface area is 182 Å². The van der Waals surface area contributed by atoms with Crippen LogP contribution in [0.25, 0.3) is 10.8 Å². The van der Waals surface area contributed by atoms with Crippen molar-refractivity contribution in [1.82, 2.24) is 25.7 Å². The van der Waals surface area contributed by atoms with Crippen molar-refractivity contribution >= 4 is 16.8 Å². The van der Waals surface area contributed by atoms with E-state index in [4.69, 9.17) is 15.2 Å². The van der Waals surface area contributed by atoms with Crippen LogP contribution in [0.3, 0.4) is 0 Å². The van der Waals surface area contributed by atoms with E-state index < -0.39 is 6.03 Å². The number of amides is 2. The van der Waals surface area contributed by atoms with Gasteiger partial charge >= 0.3 is 6.03 Å². The Morgan fingerprint density at radius 1 is 1.19 bits per heavy atom. The van der Waals surface area contributed by atoms with E-state index in [1.54, 1.807) is 10.4 Å². The molecule has 0 bridgehead atoms. The van der Waals surface area contributed by atoms with E-state index in [0.717, 1.165) is 41.6 Å². The molecular weight excluding hydrogens is 390 g/mol. The Morgan fingerprint density at radius 2 is 1.97 bits per heavy atom. The minimum absolute atomic E-state index is 0.00299. The van der Waals surface area contributed by atoms with E-state index >= 15 is 0 Å². The maximum Gasteiger partial charge on any atom is 0.341 e. The minimum atomic E-state index is -0.440. The van der Waals surface area contributed by atoms with E-state index in [0.29, 0.717) is 13.1 Å². The van der Waals surface area contributed by atoms with Gasteiger partial charge in [-0.25, -0.2) is 10.3 Å². The summed E-state index contributed by atoms with van der Waals surface area (Å²) in [6.07, 6.45) is 6.16. The second kappa shape index (κ2) is 9.41. The molecule has 7 heteroatoms. The van der Waals surface area contributed by atoms with Gasteiger partial charge in [0.1, 0.15) is 0 Å². The molecule has 1 fully saturated rings. The summed E-state index contributed by atoms with van der Waals surface area (Å²) in [5.74, 6) is 0. The lowest BCUT2D eigenvalue weighted by atomic mass is 9.96. The van der Waals surface area contributed by atoms with Crippen molar-refractivity contribution in [3.8, 4) is 0 Å². The topological polar surface area (TPSA) is 90.4 Å². The maximum atomic E-state index is 11.7. The molecule has 1 unspecified atom stereocenters. The van der Waals surface area contributed by atoms with Gasteiger partial charge in [0.15, 0.2) is 0 Å².